The summed E-state index contributed by atoms with van der Waals surface area (Å²) in [7, 11) is 1.79. The molecule has 1 rings (SSSR count). The van der Waals surface area contributed by atoms with Crippen LogP contribution in [0.5, 0.6) is 0 Å². The van der Waals surface area contributed by atoms with E-state index in [-0.39, 0.29) is 5.91 Å². The van der Waals surface area contributed by atoms with Gasteiger partial charge in [0.2, 0.25) is 0 Å². The van der Waals surface area contributed by atoms with E-state index in [4.69, 9.17) is 0 Å². The van der Waals surface area contributed by atoms with E-state index in [1.807, 2.05) is 6.92 Å². The van der Waals surface area contributed by atoms with Gasteiger partial charge >= 0.3 is 0 Å². The Morgan fingerprint density at radius 1 is 1.73 bits per heavy atom. The Morgan fingerprint density at radius 2 is 2.45 bits per heavy atom. The zero-order valence-electron chi connectivity index (χ0n) is 6.79. The van der Waals surface area contributed by atoms with E-state index >= 15 is 0 Å². The molecule has 0 radical (unpaired) electrons. The average molecular weight is 152 g/mol. The van der Waals surface area contributed by atoms with Gasteiger partial charge in [0.15, 0.2) is 0 Å². The Labute approximate surface area is 66.0 Å². The Balaban J connectivity index is 2.70. The molecule has 0 spiro atoms. The van der Waals surface area contributed by atoms with Gasteiger partial charge < -0.3 is 9.88 Å². The summed E-state index contributed by atoms with van der Waals surface area (Å²) >= 11 is 0. The van der Waals surface area contributed by atoms with Crippen LogP contribution in [0.4, 0.5) is 0 Å². The first kappa shape index (κ1) is 7.85. The Kier molecular flexibility index (Phi) is 2.31. The molecule has 0 unspecified atom stereocenters. The fourth-order valence-corrected chi connectivity index (χ4v) is 0.821. The minimum atomic E-state index is 0.0637. The highest BCUT2D eigenvalue weighted by Gasteiger charge is 2.08. The summed E-state index contributed by atoms with van der Waals surface area (Å²) in [6, 6.07) is 1.77. The smallest absolute Gasteiger partial charge is 0.255 e. The maximum absolute atomic E-state index is 11.3. The zero-order valence-corrected chi connectivity index (χ0v) is 6.79. The molecule has 0 aromatic carbocycles. The molecule has 1 amide bonds. The molecule has 0 aliphatic carbocycles. The largest absolute Gasteiger partial charge is 0.367 e. The summed E-state index contributed by atoms with van der Waals surface area (Å²) in [5.41, 5.74) is 0.717. The van der Waals surface area contributed by atoms with Crippen LogP contribution in [0.3, 0.4) is 0 Å². The molecule has 0 bridgehead atoms. The minimum absolute atomic E-state index is 0.0637. The highest BCUT2D eigenvalue weighted by molar-refractivity contribution is 5.93. The maximum atomic E-state index is 11.3. The van der Waals surface area contributed by atoms with Gasteiger partial charge in [-0.3, -0.25) is 4.79 Å². The number of hydrogen-bond acceptors (Lipinski definition) is 1. The summed E-state index contributed by atoms with van der Waals surface area (Å²) in [4.78, 5) is 15.9. The van der Waals surface area contributed by atoms with Crippen LogP contribution in [0.25, 0.3) is 0 Å². The van der Waals surface area contributed by atoms with Crippen molar-refractivity contribution in [2.75, 3.05) is 13.6 Å². The molecule has 0 saturated carbocycles. The summed E-state index contributed by atoms with van der Waals surface area (Å²) in [6.45, 7) is 2.69. The summed E-state index contributed by atoms with van der Waals surface area (Å²) in [5.74, 6) is 0.0637. The van der Waals surface area contributed by atoms with Gasteiger partial charge in [0, 0.05) is 26.0 Å². The number of rotatable bonds is 2. The van der Waals surface area contributed by atoms with E-state index in [1.54, 1.807) is 30.4 Å². The van der Waals surface area contributed by atoms with Crippen molar-refractivity contribution in [1.82, 2.24) is 9.88 Å². The lowest BCUT2D eigenvalue weighted by molar-refractivity contribution is 0.0802. The lowest BCUT2D eigenvalue weighted by Gasteiger charge is -2.12. The van der Waals surface area contributed by atoms with Crippen LogP contribution >= 0.6 is 0 Å². The van der Waals surface area contributed by atoms with Crippen molar-refractivity contribution < 1.29 is 4.79 Å². The van der Waals surface area contributed by atoms with Crippen molar-refractivity contribution in [2.45, 2.75) is 6.92 Å². The monoisotopic (exact) mass is 152 g/mol. The molecule has 0 fully saturated rings. The number of hydrogen-bond donors (Lipinski definition) is 1. The van der Waals surface area contributed by atoms with E-state index in [2.05, 4.69) is 4.98 Å². The van der Waals surface area contributed by atoms with E-state index in [0.717, 1.165) is 6.54 Å². The molecule has 60 valence electrons. The Hall–Kier alpha value is -1.25. The van der Waals surface area contributed by atoms with Gasteiger partial charge in [-0.15, -0.1) is 0 Å². The van der Waals surface area contributed by atoms with Crippen LogP contribution in [0, 0.1) is 0 Å². The van der Waals surface area contributed by atoms with E-state index < -0.39 is 0 Å². The van der Waals surface area contributed by atoms with E-state index in [0.29, 0.717) is 5.56 Å². The van der Waals surface area contributed by atoms with Crippen LogP contribution in [-0.2, 0) is 0 Å². The fraction of sp³-hybridized carbons (Fsp3) is 0.375. The number of carbonyl (C=O) groups excluding carboxylic acids is 1. The van der Waals surface area contributed by atoms with Crippen molar-refractivity contribution in [2.24, 2.45) is 0 Å². The average Bonchev–Trinajstić information content (AvgIpc) is 2.53. The standard InChI is InChI=1S/C8H12N2O/c1-3-10(2)8(11)7-4-5-9-6-7/h4-6,9H,3H2,1-2H3. The summed E-state index contributed by atoms with van der Waals surface area (Å²) < 4.78 is 0. The topological polar surface area (TPSA) is 36.1 Å². The summed E-state index contributed by atoms with van der Waals surface area (Å²) in [5, 5.41) is 0. The van der Waals surface area contributed by atoms with Gasteiger partial charge in [-0.1, -0.05) is 0 Å². The van der Waals surface area contributed by atoms with Crippen LogP contribution in [0.2, 0.25) is 0 Å². The van der Waals surface area contributed by atoms with Crippen LogP contribution < -0.4 is 0 Å². The van der Waals surface area contributed by atoms with E-state index in [1.165, 1.54) is 0 Å². The van der Waals surface area contributed by atoms with Gasteiger partial charge in [-0.05, 0) is 13.0 Å². The second-order valence-electron chi connectivity index (χ2n) is 2.42. The normalized spacial score (nSPS) is 9.64. The quantitative estimate of drug-likeness (QED) is 0.677. The number of aromatic nitrogens is 1. The second-order valence-corrected chi connectivity index (χ2v) is 2.42. The molecular formula is C8H12N2O. The van der Waals surface area contributed by atoms with Gasteiger partial charge in [-0.2, -0.15) is 0 Å². The third kappa shape index (κ3) is 1.61. The number of nitrogens with zero attached hydrogens (tertiary/aromatic N) is 1. The number of aromatic amines is 1. The molecule has 0 saturated heterocycles. The number of nitrogens with one attached hydrogen (secondary N) is 1. The van der Waals surface area contributed by atoms with Gasteiger partial charge in [0.25, 0.3) is 5.91 Å². The summed E-state index contributed by atoms with van der Waals surface area (Å²) in [6.07, 6.45) is 3.45. The van der Waals surface area contributed by atoms with Gasteiger partial charge in [0.05, 0.1) is 5.56 Å². The lowest BCUT2D eigenvalue weighted by Crippen LogP contribution is -2.25. The molecule has 11 heavy (non-hydrogen) atoms. The van der Waals surface area contributed by atoms with Crippen molar-refractivity contribution in [3.63, 3.8) is 0 Å². The van der Waals surface area contributed by atoms with E-state index in [9.17, 15) is 4.79 Å². The number of amides is 1. The van der Waals surface area contributed by atoms with Crippen molar-refractivity contribution in [3.8, 4) is 0 Å². The first-order valence-corrected chi connectivity index (χ1v) is 3.64. The van der Waals surface area contributed by atoms with Gasteiger partial charge in [-0.25, -0.2) is 0 Å². The first-order chi connectivity index (χ1) is 5.25. The third-order valence-corrected chi connectivity index (χ3v) is 1.67. The predicted molar refractivity (Wildman–Crippen MR) is 43.4 cm³/mol. The van der Waals surface area contributed by atoms with Crippen molar-refractivity contribution >= 4 is 5.91 Å². The maximum Gasteiger partial charge on any atom is 0.255 e. The van der Waals surface area contributed by atoms with Crippen LogP contribution in [0.1, 0.15) is 17.3 Å². The lowest BCUT2D eigenvalue weighted by atomic mass is 10.3. The fourth-order valence-electron chi connectivity index (χ4n) is 0.821. The first-order valence-electron chi connectivity index (χ1n) is 3.64. The zero-order chi connectivity index (χ0) is 8.27. The van der Waals surface area contributed by atoms with Crippen molar-refractivity contribution in [1.29, 1.82) is 0 Å². The molecule has 1 N–H and O–H groups in total. The molecule has 1 aromatic rings. The van der Waals surface area contributed by atoms with Gasteiger partial charge in [0.1, 0.15) is 0 Å². The molecule has 3 heteroatoms. The molecule has 1 heterocycles. The highest BCUT2D eigenvalue weighted by Crippen LogP contribution is 2.00. The van der Waals surface area contributed by atoms with Crippen LogP contribution in [0.15, 0.2) is 18.5 Å². The molecule has 0 atom stereocenters. The molecule has 1 aromatic heterocycles. The molecule has 3 nitrogen and oxygen atoms in total. The second kappa shape index (κ2) is 3.23. The Morgan fingerprint density at radius 3 is 2.91 bits per heavy atom. The third-order valence-electron chi connectivity index (χ3n) is 1.67. The molecule has 0 aliphatic heterocycles. The van der Waals surface area contributed by atoms with Crippen molar-refractivity contribution in [3.05, 3.63) is 24.0 Å². The predicted octanol–water partition coefficient (Wildman–Crippen LogP) is 1.11. The Bertz CT molecular complexity index is 228. The number of H-pyrrole nitrogens is 1. The van der Waals surface area contributed by atoms with Crippen LogP contribution in [-0.4, -0.2) is 29.4 Å². The SMILES string of the molecule is CCN(C)C(=O)c1cc[nH]c1. The minimum Gasteiger partial charge on any atom is -0.367 e. The highest BCUT2D eigenvalue weighted by atomic mass is 16.2. The number of carbonyl (C=O) groups is 1. The molecule has 0 aliphatic rings. The molecular weight excluding hydrogens is 140 g/mol.